The number of amides is 1. The Morgan fingerprint density at radius 1 is 1.24 bits per heavy atom. The average molecular weight is 449 g/mol. The number of aromatic nitrogens is 3. The summed E-state index contributed by atoms with van der Waals surface area (Å²) in [6, 6.07) is 8.32. The first-order valence-corrected chi connectivity index (χ1v) is 10.8. The van der Waals surface area contributed by atoms with E-state index in [0.717, 1.165) is 13.1 Å². The lowest BCUT2D eigenvalue weighted by molar-refractivity contribution is 0.0528. The van der Waals surface area contributed by atoms with Gasteiger partial charge in [-0.25, -0.2) is 9.37 Å². The van der Waals surface area contributed by atoms with Crippen LogP contribution >= 0.6 is 0 Å². The Kier molecular flexibility index (Phi) is 6.11. The Morgan fingerprint density at radius 2 is 2.03 bits per heavy atom. The van der Waals surface area contributed by atoms with Crippen LogP contribution in [-0.4, -0.2) is 67.8 Å². The summed E-state index contributed by atoms with van der Waals surface area (Å²) in [4.78, 5) is 21.4. The first kappa shape index (κ1) is 22.4. The van der Waals surface area contributed by atoms with Crippen molar-refractivity contribution in [3.05, 3.63) is 59.2 Å². The van der Waals surface area contributed by atoms with E-state index in [2.05, 4.69) is 28.8 Å². The van der Waals surface area contributed by atoms with Crippen LogP contribution in [0.15, 0.2) is 36.7 Å². The first-order valence-electron chi connectivity index (χ1n) is 10.8. The van der Waals surface area contributed by atoms with Gasteiger partial charge >= 0.3 is 0 Å². The molecule has 2 aromatic heterocycles. The lowest BCUT2D eigenvalue weighted by atomic mass is 10.00. The van der Waals surface area contributed by atoms with Gasteiger partial charge in [0.2, 0.25) is 5.88 Å². The third-order valence-electron chi connectivity index (χ3n) is 6.21. The van der Waals surface area contributed by atoms with Gasteiger partial charge in [0.25, 0.3) is 5.91 Å². The molecule has 1 N–H and O–H groups in total. The Morgan fingerprint density at radius 3 is 2.67 bits per heavy atom. The second-order valence-corrected chi connectivity index (χ2v) is 8.14. The summed E-state index contributed by atoms with van der Waals surface area (Å²) in [6.07, 6.45) is 2.89. The highest BCUT2D eigenvalue weighted by Crippen LogP contribution is 2.34. The number of aromatic hydroxyl groups is 1. The van der Waals surface area contributed by atoms with E-state index in [0.29, 0.717) is 41.6 Å². The Balaban J connectivity index is 1.56. The third-order valence-corrected chi connectivity index (χ3v) is 6.21. The van der Waals surface area contributed by atoms with Crippen molar-refractivity contribution >= 4 is 5.91 Å². The molecule has 0 spiro atoms. The van der Waals surface area contributed by atoms with E-state index >= 15 is 0 Å². The van der Waals surface area contributed by atoms with E-state index in [1.165, 1.54) is 23.1 Å². The molecule has 3 heterocycles. The molecule has 1 fully saturated rings. The Bertz CT molecular complexity index is 1230. The number of benzene rings is 1. The van der Waals surface area contributed by atoms with Crippen molar-refractivity contribution in [3.8, 4) is 28.9 Å². The third kappa shape index (κ3) is 4.05. The number of hydrogen-bond acceptors (Lipinski definition) is 6. The zero-order chi connectivity index (χ0) is 23.7. The van der Waals surface area contributed by atoms with Crippen molar-refractivity contribution < 1.29 is 14.3 Å². The number of pyridine rings is 1. The minimum atomic E-state index is -0.628. The molecule has 3 aromatic rings. The summed E-state index contributed by atoms with van der Waals surface area (Å²) in [5.74, 6) is -0.590. The van der Waals surface area contributed by atoms with Gasteiger partial charge in [-0.1, -0.05) is 13.0 Å². The van der Waals surface area contributed by atoms with E-state index in [1.807, 2.05) is 4.90 Å². The monoisotopic (exact) mass is 448 g/mol. The molecule has 1 amide bonds. The largest absolute Gasteiger partial charge is 0.493 e. The van der Waals surface area contributed by atoms with E-state index in [-0.39, 0.29) is 22.9 Å². The molecule has 0 saturated carbocycles. The maximum Gasteiger partial charge on any atom is 0.255 e. The van der Waals surface area contributed by atoms with Crippen LogP contribution in [0.5, 0.6) is 5.88 Å². The summed E-state index contributed by atoms with van der Waals surface area (Å²) in [7, 11) is 0. The van der Waals surface area contributed by atoms with E-state index in [9.17, 15) is 14.3 Å². The van der Waals surface area contributed by atoms with Gasteiger partial charge in [-0.2, -0.15) is 15.0 Å². The normalized spacial score (nSPS) is 16.6. The van der Waals surface area contributed by atoms with Gasteiger partial charge in [-0.3, -0.25) is 9.69 Å². The summed E-state index contributed by atoms with van der Waals surface area (Å²) < 4.78 is 15.6. The van der Waals surface area contributed by atoms with Gasteiger partial charge in [-0.05, 0) is 49.7 Å². The van der Waals surface area contributed by atoms with E-state index < -0.39 is 5.82 Å². The van der Waals surface area contributed by atoms with Crippen LogP contribution in [-0.2, 0) is 0 Å². The summed E-state index contributed by atoms with van der Waals surface area (Å²) in [5, 5.41) is 23.9. The highest BCUT2D eigenvalue weighted by atomic mass is 19.1. The van der Waals surface area contributed by atoms with E-state index in [4.69, 9.17) is 5.26 Å². The standard InChI is InChI=1S/C24H25FN6O2/c1-4-29-9-10-30(14-15(29)2)23(32)18-6-8-21(27-12-18)31-24(33)20(13-28-31)19-7-5-17(11-26)22(25)16(19)3/h5-8,12-13,15,33H,4,9-10,14H2,1-3H3. The Labute approximate surface area is 191 Å². The molecule has 1 atom stereocenters. The fraction of sp³-hybridized carbons (Fsp3) is 0.333. The molecule has 9 heteroatoms. The molecular formula is C24H25FN6O2. The van der Waals surface area contributed by atoms with Crippen molar-refractivity contribution in [2.45, 2.75) is 26.8 Å². The summed E-state index contributed by atoms with van der Waals surface area (Å²) >= 11 is 0. The zero-order valence-corrected chi connectivity index (χ0v) is 18.8. The van der Waals surface area contributed by atoms with Crippen molar-refractivity contribution in [1.82, 2.24) is 24.6 Å². The summed E-state index contributed by atoms with van der Waals surface area (Å²) in [5.41, 5.74) is 1.40. The number of likely N-dealkylation sites (N-methyl/N-ethyl adjacent to an activating group) is 1. The van der Waals surface area contributed by atoms with Gasteiger partial charge in [0, 0.05) is 31.9 Å². The molecule has 1 aliphatic heterocycles. The number of nitrogens with zero attached hydrogens (tertiary/aromatic N) is 6. The lowest BCUT2D eigenvalue weighted by Crippen LogP contribution is -2.53. The predicted molar refractivity (Wildman–Crippen MR) is 120 cm³/mol. The van der Waals surface area contributed by atoms with Crippen LogP contribution < -0.4 is 0 Å². The van der Waals surface area contributed by atoms with Gasteiger partial charge in [0.15, 0.2) is 5.82 Å². The molecule has 8 nitrogen and oxygen atoms in total. The van der Waals surface area contributed by atoms with Gasteiger partial charge in [0.05, 0.1) is 22.9 Å². The number of rotatable bonds is 4. The Hall–Kier alpha value is -3.77. The maximum atomic E-state index is 14.4. The van der Waals surface area contributed by atoms with Crippen LogP contribution in [0.25, 0.3) is 16.9 Å². The van der Waals surface area contributed by atoms with Crippen LogP contribution in [0.3, 0.4) is 0 Å². The molecule has 170 valence electrons. The highest BCUT2D eigenvalue weighted by molar-refractivity contribution is 5.94. The molecule has 1 aromatic carbocycles. The minimum absolute atomic E-state index is 0.0597. The number of nitriles is 1. The fourth-order valence-corrected chi connectivity index (χ4v) is 4.23. The molecular weight excluding hydrogens is 423 g/mol. The average Bonchev–Trinajstić information content (AvgIpc) is 3.21. The number of carbonyl (C=O) groups excluding carboxylic acids is 1. The van der Waals surface area contributed by atoms with Gasteiger partial charge in [-0.15, -0.1) is 0 Å². The second-order valence-electron chi connectivity index (χ2n) is 8.14. The second kappa shape index (κ2) is 9.00. The number of hydrogen-bond donors (Lipinski definition) is 1. The molecule has 1 aliphatic rings. The number of piperazine rings is 1. The molecule has 1 unspecified atom stereocenters. The smallest absolute Gasteiger partial charge is 0.255 e. The number of halogens is 1. The van der Waals surface area contributed by atoms with Crippen molar-refractivity contribution in [2.75, 3.05) is 26.2 Å². The van der Waals surface area contributed by atoms with Crippen LogP contribution in [0.2, 0.25) is 0 Å². The van der Waals surface area contributed by atoms with Crippen molar-refractivity contribution in [2.24, 2.45) is 0 Å². The van der Waals surface area contributed by atoms with Gasteiger partial charge < -0.3 is 10.0 Å². The summed E-state index contributed by atoms with van der Waals surface area (Å²) in [6.45, 7) is 8.91. The minimum Gasteiger partial charge on any atom is -0.493 e. The quantitative estimate of drug-likeness (QED) is 0.659. The number of carbonyl (C=O) groups is 1. The van der Waals surface area contributed by atoms with E-state index in [1.54, 1.807) is 31.2 Å². The van der Waals surface area contributed by atoms with Crippen LogP contribution in [0.4, 0.5) is 4.39 Å². The zero-order valence-electron chi connectivity index (χ0n) is 18.8. The molecule has 0 bridgehead atoms. The highest BCUT2D eigenvalue weighted by Gasteiger charge is 2.26. The molecule has 1 saturated heterocycles. The molecule has 33 heavy (non-hydrogen) atoms. The topological polar surface area (TPSA) is 98.3 Å². The lowest BCUT2D eigenvalue weighted by Gasteiger charge is -2.39. The molecule has 4 rings (SSSR count). The molecule has 0 aliphatic carbocycles. The van der Waals surface area contributed by atoms with Crippen LogP contribution in [0, 0.1) is 24.1 Å². The van der Waals surface area contributed by atoms with Crippen molar-refractivity contribution in [3.63, 3.8) is 0 Å². The SMILES string of the molecule is CCN1CCN(C(=O)c2ccc(-n3ncc(-c4ccc(C#N)c(F)c4C)c3O)nc2)CC1C. The molecule has 0 radical (unpaired) electrons. The van der Waals surface area contributed by atoms with Crippen molar-refractivity contribution in [1.29, 1.82) is 5.26 Å². The van der Waals surface area contributed by atoms with Gasteiger partial charge in [0.1, 0.15) is 11.9 Å². The first-order chi connectivity index (χ1) is 15.8. The fourth-order valence-electron chi connectivity index (χ4n) is 4.23. The van der Waals surface area contributed by atoms with Crippen LogP contribution in [0.1, 0.15) is 35.3 Å². The predicted octanol–water partition coefficient (Wildman–Crippen LogP) is 3.13. The maximum absolute atomic E-state index is 14.4.